The van der Waals surface area contributed by atoms with Crippen LogP contribution in [-0.2, 0) is 9.59 Å². The molecule has 0 unspecified atom stereocenters. The van der Waals surface area contributed by atoms with Gasteiger partial charge >= 0.3 is 0 Å². The molecule has 1 saturated heterocycles. The number of carbonyl (C=O) groups is 3. The molecule has 30 heavy (non-hydrogen) atoms. The molecule has 7 nitrogen and oxygen atoms in total. The van der Waals surface area contributed by atoms with Gasteiger partial charge in [0.05, 0.1) is 12.8 Å². The van der Waals surface area contributed by atoms with E-state index in [1.807, 2.05) is 36.1 Å². The minimum atomic E-state index is -0.194. The average molecular weight is 409 g/mol. The lowest BCUT2D eigenvalue weighted by Gasteiger charge is -2.31. The summed E-state index contributed by atoms with van der Waals surface area (Å²) in [7, 11) is 1.53. The van der Waals surface area contributed by atoms with Crippen LogP contribution in [0, 0.1) is 12.8 Å². The summed E-state index contributed by atoms with van der Waals surface area (Å²) in [5.41, 5.74) is 2.75. The molecule has 0 spiro atoms. The first-order valence-electron chi connectivity index (χ1n) is 10.0. The third kappa shape index (κ3) is 4.97. The van der Waals surface area contributed by atoms with Crippen LogP contribution in [0.25, 0.3) is 0 Å². The number of nitrogens with one attached hydrogen (secondary N) is 2. The Hall–Kier alpha value is -3.35. The van der Waals surface area contributed by atoms with Crippen molar-refractivity contribution in [1.82, 2.24) is 4.90 Å². The fourth-order valence-electron chi connectivity index (χ4n) is 3.65. The number of hydrogen-bond acceptors (Lipinski definition) is 4. The zero-order chi connectivity index (χ0) is 21.7. The number of methoxy groups -OCH3 is 1. The van der Waals surface area contributed by atoms with E-state index in [2.05, 4.69) is 10.6 Å². The second-order valence-electron chi connectivity index (χ2n) is 7.47. The van der Waals surface area contributed by atoms with Crippen LogP contribution >= 0.6 is 0 Å². The van der Waals surface area contributed by atoms with Gasteiger partial charge in [-0.2, -0.15) is 0 Å². The normalized spacial score (nSPS) is 14.2. The van der Waals surface area contributed by atoms with Crippen LogP contribution < -0.4 is 15.4 Å². The summed E-state index contributed by atoms with van der Waals surface area (Å²) in [6.07, 6.45) is 1.19. The van der Waals surface area contributed by atoms with E-state index in [1.54, 1.807) is 18.2 Å². The van der Waals surface area contributed by atoms with Crippen molar-refractivity contribution < 1.29 is 19.1 Å². The Morgan fingerprint density at radius 1 is 1.03 bits per heavy atom. The summed E-state index contributed by atoms with van der Waals surface area (Å²) in [6, 6.07) is 12.6. The van der Waals surface area contributed by atoms with Crippen molar-refractivity contribution in [2.45, 2.75) is 26.7 Å². The average Bonchev–Trinajstić information content (AvgIpc) is 2.73. The van der Waals surface area contributed by atoms with Gasteiger partial charge in [-0.05, 0) is 49.6 Å². The lowest BCUT2D eigenvalue weighted by atomic mass is 9.95. The Morgan fingerprint density at radius 2 is 1.73 bits per heavy atom. The van der Waals surface area contributed by atoms with E-state index in [-0.39, 0.29) is 23.6 Å². The molecule has 1 fully saturated rings. The second-order valence-corrected chi connectivity index (χ2v) is 7.47. The van der Waals surface area contributed by atoms with Crippen LogP contribution in [-0.4, -0.2) is 42.8 Å². The molecule has 0 bridgehead atoms. The molecule has 2 aromatic carbocycles. The Morgan fingerprint density at radius 3 is 2.37 bits per heavy atom. The largest absolute Gasteiger partial charge is 0.495 e. The Bertz CT molecular complexity index is 949. The van der Waals surface area contributed by atoms with Gasteiger partial charge in [-0.3, -0.25) is 14.4 Å². The molecule has 0 radical (unpaired) electrons. The van der Waals surface area contributed by atoms with Gasteiger partial charge in [0.25, 0.3) is 5.91 Å². The fourth-order valence-corrected chi connectivity index (χ4v) is 3.65. The van der Waals surface area contributed by atoms with Gasteiger partial charge in [0.2, 0.25) is 11.8 Å². The van der Waals surface area contributed by atoms with Crippen molar-refractivity contribution in [2.75, 3.05) is 30.8 Å². The van der Waals surface area contributed by atoms with Crippen LogP contribution in [0.3, 0.4) is 0 Å². The smallest absolute Gasteiger partial charge is 0.254 e. The number of anilines is 2. The van der Waals surface area contributed by atoms with Crippen LogP contribution in [0.1, 0.15) is 35.7 Å². The Labute approximate surface area is 176 Å². The third-order valence-corrected chi connectivity index (χ3v) is 5.31. The zero-order valence-electron chi connectivity index (χ0n) is 17.5. The molecular formula is C23H27N3O4. The Kier molecular flexibility index (Phi) is 6.72. The van der Waals surface area contributed by atoms with E-state index in [0.717, 1.165) is 5.56 Å². The first-order chi connectivity index (χ1) is 14.4. The van der Waals surface area contributed by atoms with Crippen molar-refractivity contribution in [3.05, 3.63) is 53.6 Å². The molecule has 158 valence electrons. The van der Waals surface area contributed by atoms with Gasteiger partial charge in [0.1, 0.15) is 5.75 Å². The van der Waals surface area contributed by atoms with Crippen LogP contribution in [0.15, 0.2) is 42.5 Å². The molecule has 7 heteroatoms. The zero-order valence-corrected chi connectivity index (χ0v) is 17.5. The number of rotatable bonds is 5. The van der Waals surface area contributed by atoms with Gasteiger partial charge in [-0.15, -0.1) is 0 Å². The predicted molar refractivity (Wildman–Crippen MR) is 116 cm³/mol. The molecule has 2 N–H and O–H groups in total. The molecule has 0 aliphatic carbocycles. The Balaban J connectivity index is 1.62. The number of piperidine rings is 1. The maximum atomic E-state index is 12.8. The minimum absolute atomic E-state index is 0.0108. The number of carbonyl (C=O) groups excluding carboxylic acids is 3. The van der Waals surface area contributed by atoms with Crippen LogP contribution in [0.5, 0.6) is 5.75 Å². The minimum Gasteiger partial charge on any atom is -0.495 e. The van der Waals surface area contributed by atoms with Crippen molar-refractivity contribution >= 4 is 29.1 Å². The van der Waals surface area contributed by atoms with Crippen molar-refractivity contribution in [1.29, 1.82) is 0 Å². The molecule has 3 rings (SSSR count). The first-order valence-corrected chi connectivity index (χ1v) is 10.0. The number of amides is 3. The topological polar surface area (TPSA) is 87.7 Å². The highest BCUT2D eigenvalue weighted by Crippen LogP contribution is 2.29. The monoisotopic (exact) mass is 409 g/mol. The third-order valence-electron chi connectivity index (χ3n) is 5.31. The highest BCUT2D eigenvalue weighted by molar-refractivity contribution is 5.97. The quantitative estimate of drug-likeness (QED) is 0.792. The van der Waals surface area contributed by atoms with Crippen molar-refractivity contribution in [2.24, 2.45) is 5.92 Å². The summed E-state index contributed by atoms with van der Waals surface area (Å²) < 4.78 is 5.32. The molecule has 3 amide bonds. The summed E-state index contributed by atoms with van der Waals surface area (Å²) in [4.78, 5) is 38.7. The fraction of sp³-hybridized carbons (Fsp3) is 0.348. The molecule has 1 heterocycles. The molecule has 2 aromatic rings. The lowest BCUT2D eigenvalue weighted by molar-refractivity contribution is -0.121. The number of aryl methyl sites for hydroxylation is 1. The maximum absolute atomic E-state index is 12.8. The molecule has 1 aliphatic heterocycles. The van der Waals surface area contributed by atoms with E-state index in [1.165, 1.54) is 14.0 Å². The van der Waals surface area contributed by atoms with Gasteiger partial charge in [0.15, 0.2) is 0 Å². The summed E-state index contributed by atoms with van der Waals surface area (Å²) >= 11 is 0. The van der Waals surface area contributed by atoms with Crippen LogP contribution in [0.2, 0.25) is 0 Å². The summed E-state index contributed by atoms with van der Waals surface area (Å²) in [5, 5.41) is 5.61. The number of hydrogen-bond donors (Lipinski definition) is 2. The van der Waals surface area contributed by atoms with E-state index < -0.39 is 0 Å². The lowest BCUT2D eigenvalue weighted by Crippen LogP contribution is -2.41. The highest BCUT2D eigenvalue weighted by atomic mass is 16.5. The van der Waals surface area contributed by atoms with E-state index in [0.29, 0.717) is 48.6 Å². The van der Waals surface area contributed by atoms with Crippen LogP contribution in [0.4, 0.5) is 11.4 Å². The maximum Gasteiger partial charge on any atom is 0.254 e. The summed E-state index contributed by atoms with van der Waals surface area (Å²) in [6.45, 7) is 4.42. The molecule has 0 aromatic heterocycles. The van der Waals surface area contributed by atoms with E-state index >= 15 is 0 Å². The SMILES string of the molecule is COc1ccc(NC(C)=O)cc1NC(=O)C1CCN(C(=O)c2ccccc2C)CC1. The molecule has 0 saturated carbocycles. The number of ether oxygens (including phenoxy) is 1. The van der Waals surface area contributed by atoms with E-state index in [4.69, 9.17) is 4.74 Å². The van der Waals surface area contributed by atoms with Crippen molar-refractivity contribution in [3.8, 4) is 5.75 Å². The molecule has 0 atom stereocenters. The van der Waals surface area contributed by atoms with Gasteiger partial charge in [-0.1, -0.05) is 18.2 Å². The van der Waals surface area contributed by atoms with Gasteiger partial charge in [0, 0.05) is 37.2 Å². The predicted octanol–water partition coefficient (Wildman–Crippen LogP) is 3.45. The first kappa shape index (κ1) is 21.4. The molecule has 1 aliphatic rings. The number of benzene rings is 2. The second kappa shape index (κ2) is 9.43. The standard InChI is InChI=1S/C23H27N3O4/c1-15-6-4-5-7-19(15)23(29)26-12-10-17(11-13-26)22(28)25-20-14-18(24-16(2)27)8-9-21(20)30-3/h4-9,14,17H,10-13H2,1-3H3,(H,24,27)(H,25,28). The number of likely N-dealkylation sites (tertiary alicyclic amines) is 1. The molecular weight excluding hydrogens is 382 g/mol. The van der Waals surface area contributed by atoms with Gasteiger partial charge in [-0.25, -0.2) is 0 Å². The van der Waals surface area contributed by atoms with E-state index in [9.17, 15) is 14.4 Å². The summed E-state index contributed by atoms with van der Waals surface area (Å²) in [5.74, 6) is 0.0284. The highest BCUT2D eigenvalue weighted by Gasteiger charge is 2.28. The van der Waals surface area contributed by atoms with Crippen molar-refractivity contribution in [3.63, 3.8) is 0 Å². The van der Waals surface area contributed by atoms with Gasteiger partial charge < -0.3 is 20.3 Å². The number of nitrogens with zero attached hydrogens (tertiary/aromatic N) is 1.